The molecule has 0 aliphatic carbocycles. The Balaban J connectivity index is 2.64. The molecule has 0 bridgehead atoms. The van der Waals surface area contributed by atoms with Crippen LogP contribution in [0.2, 0.25) is 0 Å². The van der Waals surface area contributed by atoms with Crippen molar-refractivity contribution in [2.75, 3.05) is 13.6 Å². The highest BCUT2D eigenvalue weighted by Gasteiger charge is 2.58. The van der Waals surface area contributed by atoms with E-state index in [2.05, 4.69) is 0 Å². The number of benzene rings is 1. The highest BCUT2D eigenvalue weighted by atomic mass is 31.2. The summed E-state index contributed by atoms with van der Waals surface area (Å²) in [6.07, 6.45) is 0.825. The molecule has 1 atom stereocenters. The molecule has 138 valence electrons. The Morgan fingerprint density at radius 3 is 2.04 bits per heavy atom. The highest BCUT2D eigenvalue weighted by Crippen LogP contribution is 2.68. The van der Waals surface area contributed by atoms with Crippen molar-refractivity contribution in [2.45, 2.75) is 37.3 Å². The Labute approximate surface area is 141 Å². The van der Waals surface area contributed by atoms with Crippen LogP contribution in [0.15, 0.2) is 30.3 Å². The van der Waals surface area contributed by atoms with Gasteiger partial charge < -0.3 is 29.6 Å². The van der Waals surface area contributed by atoms with Crippen LogP contribution >= 0.6 is 15.2 Å². The molecule has 0 aliphatic rings. The molecular weight excluding hydrogens is 356 g/mol. The van der Waals surface area contributed by atoms with Gasteiger partial charge in [0.05, 0.1) is 0 Å². The SMILES string of the molecule is CC(CCc1ccccc1)N(C)CCC(O)(P(=O)(O)O)P(=O)(O)O. The highest BCUT2D eigenvalue weighted by molar-refractivity contribution is 7.72. The van der Waals surface area contributed by atoms with Gasteiger partial charge in [0.25, 0.3) is 5.08 Å². The Bertz CT molecular complexity index is 591. The first-order chi connectivity index (χ1) is 10.9. The van der Waals surface area contributed by atoms with Crippen LogP contribution in [0.5, 0.6) is 0 Å². The molecule has 24 heavy (non-hydrogen) atoms. The van der Waals surface area contributed by atoms with Crippen LogP contribution < -0.4 is 0 Å². The molecule has 0 aliphatic heterocycles. The van der Waals surface area contributed by atoms with Gasteiger partial charge >= 0.3 is 15.2 Å². The molecular formula is C14H25NO7P2. The number of hydrogen-bond acceptors (Lipinski definition) is 4. The van der Waals surface area contributed by atoms with Crippen molar-refractivity contribution in [3.05, 3.63) is 35.9 Å². The van der Waals surface area contributed by atoms with E-state index in [1.807, 2.05) is 37.3 Å². The molecule has 0 aromatic heterocycles. The summed E-state index contributed by atoms with van der Waals surface area (Å²) in [5.74, 6) is 0. The monoisotopic (exact) mass is 381 g/mol. The standard InChI is InChI=1S/C14H25NO7P2/c1-12(8-9-13-6-4-3-5-7-13)15(2)11-10-14(16,23(17,18)19)24(20,21)22/h3-7,12,16H,8-11H2,1-2H3,(H2,17,18,19)(H2,20,21,22). The van der Waals surface area contributed by atoms with Gasteiger partial charge in [0.2, 0.25) is 0 Å². The normalized spacial score (nSPS) is 14.8. The Morgan fingerprint density at radius 1 is 1.08 bits per heavy atom. The number of hydrogen-bond donors (Lipinski definition) is 5. The zero-order valence-electron chi connectivity index (χ0n) is 13.7. The maximum absolute atomic E-state index is 11.3. The lowest BCUT2D eigenvalue weighted by atomic mass is 10.1. The van der Waals surface area contributed by atoms with Crippen molar-refractivity contribution in [3.8, 4) is 0 Å². The first kappa shape index (κ1) is 21.5. The second-order valence-corrected chi connectivity index (χ2v) is 9.97. The van der Waals surface area contributed by atoms with Crippen LogP contribution in [-0.4, -0.2) is 54.3 Å². The van der Waals surface area contributed by atoms with E-state index in [1.54, 1.807) is 11.9 Å². The molecule has 0 saturated carbocycles. The van der Waals surface area contributed by atoms with E-state index < -0.39 is 26.7 Å². The summed E-state index contributed by atoms with van der Waals surface area (Å²) in [6.45, 7) is 1.83. The van der Waals surface area contributed by atoms with Crippen molar-refractivity contribution >= 4 is 15.2 Å². The second kappa shape index (κ2) is 8.21. The van der Waals surface area contributed by atoms with E-state index in [0.29, 0.717) is 0 Å². The third kappa shape index (κ3) is 5.48. The van der Waals surface area contributed by atoms with Crippen molar-refractivity contribution in [3.63, 3.8) is 0 Å². The second-order valence-electron chi connectivity index (χ2n) is 5.97. The molecule has 0 amide bonds. The molecule has 0 spiro atoms. The van der Waals surface area contributed by atoms with Crippen LogP contribution in [0.4, 0.5) is 0 Å². The Hall–Kier alpha value is -0.560. The predicted molar refractivity (Wildman–Crippen MR) is 90.5 cm³/mol. The first-order valence-electron chi connectivity index (χ1n) is 7.46. The summed E-state index contributed by atoms with van der Waals surface area (Å²) in [6, 6.07) is 9.78. The third-order valence-corrected chi connectivity index (χ3v) is 8.06. The average molecular weight is 381 g/mol. The molecule has 1 aromatic rings. The van der Waals surface area contributed by atoms with E-state index in [-0.39, 0.29) is 12.6 Å². The summed E-state index contributed by atoms with van der Waals surface area (Å²) < 4.78 is 22.7. The van der Waals surface area contributed by atoms with Gasteiger partial charge in [-0.15, -0.1) is 0 Å². The van der Waals surface area contributed by atoms with E-state index >= 15 is 0 Å². The van der Waals surface area contributed by atoms with Gasteiger partial charge in [0.15, 0.2) is 0 Å². The number of aryl methyl sites for hydroxylation is 1. The molecule has 8 nitrogen and oxygen atoms in total. The predicted octanol–water partition coefficient (Wildman–Crippen LogP) is 1.33. The summed E-state index contributed by atoms with van der Waals surface area (Å²) in [4.78, 5) is 38.2. The number of nitrogens with zero attached hydrogens (tertiary/aromatic N) is 1. The van der Waals surface area contributed by atoms with Gasteiger partial charge in [-0.2, -0.15) is 0 Å². The van der Waals surface area contributed by atoms with Gasteiger partial charge in [0.1, 0.15) is 0 Å². The van der Waals surface area contributed by atoms with Gasteiger partial charge in [-0.1, -0.05) is 30.3 Å². The van der Waals surface area contributed by atoms with Crippen LogP contribution in [0.25, 0.3) is 0 Å². The summed E-state index contributed by atoms with van der Waals surface area (Å²) in [5.41, 5.74) is 1.15. The lowest BCUT2D eigenvalue weighted by Gasteiger charge is -2.32. The van der Waals surface area contributed by atoms with Crippen LogP contribution in [-0.2, 0) is 15.6 Å². The van der Waals surface area contributed by atoms with Crippen molar-refractivity contribution in [1.29, 1.82) is 0 Å². The topological polar surface area (TPSA) is 139 Å². The maximum Gasteiger partial charge on any atom is 0.369 e. The van der Waals surface area contributed by atoms with Gasteiger partial charge in [0, 0.05) is 19.0 Å². The third-order valence-electron chi connectivity index (χ3n) is 4.18. The fourth-order valence-corrected chi connectivity index (χ4v) is 4.39. The first-order valence-corrected chi connectivity index (χ1v) is 10.7. The fraction of sp³-hybridized carbons (Fsp3) is 0.571. The van der Waals surface area contributed by atoms with Gasteiger partial charge in [-0.3, -0.25) is 9.13 Å². The molecule has 1 unspecified atom stereocenters. The van der Waals surface area contributed by atoms with Crippen molar-refractivity contribution in [2.24, 2.45) is 0 Å². The largest absolute Gasteiger partial charge is 0.369 e. The van der Waals surface area contributed by atoms with Gasteiger partial charge in [-0.05, 0) is 32.4 Å². The summed E-state index contributed by atoms with van der Waals surface area (Å²) in [5, 5.41) is 6.52. The van der Waals surface area contributed by atoms with Crippen LogP contribution in [0.3, 0.4) is 0 Å². The molecule has 0 saturated heterocycles. The average Bonchev–Trinajstić information content (AvgIpc) is 2.48. The van der Waals surface area contributed by atoms with Gasteiger partial charge in [-0.25, -0.2) is 0 Å². The molecule has 0 heterocycles. The van der Waals surface area contributed by atoms with Crippen LogP contribution in [0, 0.1) is 0 Å². The van der Waals surface area contributed by atoms with Crippen molar-refractivity contribution in [1.82, 2.24) is 4.90 Å². The van der Waals surface area contributed by atoms with Crippen LogP contribution in [0.1, 0.15) is 25.3 Å². The zero-order valence-corrected chi connectivity index (χ0v) is 15.5. The van der Waals surface area contributed by atoms with Crippen molar-refractivity contribution < 1.29 is 33.8 Å². The summed E-state index contributed by atoms with van der Waals surface area (Å²) >= 11 is 0. The van der Waals surface area contributed by atoms with E-state index in [9.17, 15) is 14.2 Å². The summed E-state index contributed by atoms with van der Waals surface area (Å²) in [7, 11) is -9.11. The molecule has 1 aromatic carbocycles. The molecule has 5 N–H and O–H groups in total. The maximum atomic E-state index is 11.3. The smallest absolute Gasteiger partial charge is 0.367 e. The molecule has 0 radical (unpaired) electrons. The minimum absolute atomic E-state index is 0.00278. The minimum atomic E-state index is -5.39. The minimum Gasteiger partial charge on any atom is -0.367 e. The molecule has 0 fully saturated rings. The fourth-order valence-electron chi connectivity index (χ4n) is 2.25. The zero-order chi connectivity index (χ0) is 18.6. The molecule has 10 heteroatoms. The Kier molecular flexibility index (Phi) is 7.35. The molecule has 1 rings (SSSR count). The Morgan fingerprint density at radius 2 is 1.58 bits per heavy atom. The van der Waals surface area contributed by atoms with E-state index in [0.717, 1.165) is 18.4 Å². The van der Waals surface area contributed by atoms with E-state index in [1.165, 1.54) is 0 Å². The lowest BCUT2D eigenvalue weighted by molar-refractivity contribution is 0.106. The lowest BCUT2D eigenvalue weighted by Crippen LogP contribution is -2.37. The number of aliphatic hydroxyl groups is 1. The number of rotatable bonds is 9. The van der Waals surface area contributed by atoms with E-state index in [4.69, 9.17) is 19.6 Å². The quantitative estimate of drug-likeness (QED) is 0.404.